The molecule has 0 fully saturated rings. The zero-order chi connectivity index (χ0) is 12.0. The molecule has 1 aromatic carbocycles. The zero-order valence-corrected chi connectivity index (χ0v) is 9.03. The lowest BCUT2D eigenvalue weighted by Gasteiger charge is -2.04. The van der Waals surface area contributed by atoms with E-state index in [1.54, 1.807) is 6.07 Å². The van der Waals surface area contributed by atoms with Crippen LogP contribution in [-0.2, 0) is 11.3 Å². The van der Waals surface area contributed by atoms with Crippen LogP contribution in [0.2, 0.25) is 0 Å². The second-order valence-electron chi connectivity index (χ2n) is 3.34. The summed E-state index contributed by atoms with van der Waals surface area (Å²) in [6.45, 7) is 1.92. The van der Waals surface area contributed by atoms with Crippen LogP contribution in [0.4, 0.5) is 0 Å². The Morgan fingerprint density at radius 3 is 2.56 bits per heavy atom. The Morgan fingerprint density at radius 2 is 2.06 bits per heavy atom. The highest BCUT2D eigenvalue weighted by Crippen LogP contribution is 2.00. The molecule has 0 aliphatic rings. The average molecular weight is 215 g/mol. The Hall–Kier alpha value is -2.28. The molecule has 0 atom stereocenters. The number of carbonyl (C=O) groups is 1. The smallest absolute Gasteiger partial charge is 0.263 e. The molecule has 1 amide bonds. The first-order valence-electron chi connectivity index (χ1n) is 4.83. The molecule has 0 bridgehead atoms. The lowest BCUT2D eigenvalue weighted by molar-refractivity contribution is -0.117. The highest BCUT2D eigenvalue weighted by Gasteiger charge is 2.10. The van der Waals surface area contributed by atoms with Gasteiger partial charge in [-0.1, -0.05) is 30.3 Å². The van der Waals surface area contributed by atoms with Crippen LogP contribution in [0.3, 0.4) is 0 Å². The Bertz CT molecular complexity index is 439. The number of hydrogen-bond acceptors (Lipinski definition) is 3. The van der Waals surface area contributed by atoms with Gasteiger partial charge in [0.2, 0.25) is 0 Å². The first-order chi connectivity index (χ1) is 7.65. The second kappa shape index (κ2) is 5.56. The quantitative estimate of drug-likeness (QED) is 0.584. The van der Waals surface area contributed by atoms with Gasteiger partial charge >= 0.3 is 0 Å². The van der Waals surface area contributed by atoms with Crippen molar-refractivity contribution in [3.8, 4) is 6.07 Å². The number of rotatable bonds is 3. The van der Waals surface area contributed by atoms with Gasteiger partial charge in [0.05, 0.1) is 0 Å². The summed E-state index contributed by atoms with van der Waals surface area (Å²) in [5, 5.41) is 11.3. The molecule has 1 rings (SSSR count). The lowest BCUT2D eigenvalue weighted by atomic mass is 10.2. The summed E-state index contributed by atoms with van der Waals surface area (Å²) < 4.78 is 0. The van der Waals surface area contributed by atoms with E-state index in [-0.39, 0.29) is 11.3 Å². The van der Waals surface area contributed by atoms with Gasteiger partial charge in [0.25, 0.3) is 5.91 Å². The van der Waals surface area contributed by atoms with Crippen molar-refractivity contribution in [1.29, 1.82) is 5.26 Å². The minimum atomic E-state index is -0.439. The van der Waals surface area contributed by atoms with Gasteiger partial charge in [0, 0.05) is 12.2 Å². The van der Waals surface area contributed by atoms with E-state index < -0.39 is 5.91 Å². The largest absolute Gasteiger partial charge is 0.401 e. The molecule has 82 valence electrons. The normalized spacial score (nSPS) is 11.2. The molecule has 0 aliphatic carbocycles. The molecule has 0 saturated heterocycles. The standard InChI is InChI=1S/C12H13N3O/c1-9(14)11(7-13)12(16)15-8-10-5-3-2-4-6-10/h2-6H,8,14H2,1H3,(H,15,16). The zero-order valence-electron chi connectivity index (χ0n) is 9.03. The van der Waals surface area contributed by atoms with Gasteiger partial charge in [-0.3, -0.25) is 4.79 Å². The molecule has 16 heavy (non-hydrogen) atoms. The van der Waals surface area contributed by atoms with Gasteiger partial charge in [-0.05, 0) is 12.5 Å². The Kier molecular flexibility index (Phi) is 4.10. The molecule has 0 aliphatic heterocycles. The molecular formula is C12H13N3O. The van der Waals surface area contributed by atoms with Crippen LogP contribution in [0.15, 0.2) is 41.6 Å². The third-order valence-electron chi connectivity index (χ3n) is 2.03. The first-order valence-corrected chi connectivity index (χ1v) is 4.83. The van der Waals surface area contributed by atoms with E-state index in [9.17, 15) is 4.79 Å². The Labute approximate surface area is 94.4 Å². The van der Waals surface area contributed by atoms with E-state index in [1.165, 1.54) is 6.92 Å². The number of allylic oxidation sites excluding steroid dienone is 1. The molecule has 0 heterocycles. The Morgan fingerprint density at radius 1 is 1.44 bits per heavy atom. The van der Waals surface area contributed by atoms with Crippen LogP contribution in [0.25, 0.3) is 0 Å². The lowest BCUT2D eigenvalue weighted by Crippen LogP contribution is -2.25. The number of carbonyl (C=O) groups excluding carboxylic acids is 1. The van der Waals surface area contributed by atoms with Crippen molar-refractivity contribution in [1.82, 2.24) is 5.32 Å². The monoisotopic (exact) mass is 215 g/mol. The number of nitrogens with two attached hydrogens (primary N) is 1. The van der Waals surface area contributed by atoms with Crippen molar-refractivity contribution in [2.45, 2.75) is 13.5 Å². The second-order valence-corrected chi connectivity index (χ2v) is 3.34. The summed E-state index contributed by atoms with van der Waals surface area (Å²) in [6.07, 6.45) is 0. The van der Waals surface area contributed by atoms with Crippen molar-refractivity contribution >= 4 is 5.91 Å². The minimum absolute atomic E-state index is 0.0315. The van der Waals surface area contributed by atoms with Gasteiger partial charge in [-0.25, -0.2) is 0 Å². The summed E-state index contributed by atoms with van der Waals surface area (Å²) in [7, 11) is 0. The fourth-order valence-electron chi connectivity index (χ4n) is 1.18. The number of hydrogen-bond donors (Lipinski definition) is 2. The van der Waals surface area contributed by atoms with E-state index in [0.717, 1.165) is 5.56 Å². The molecule has 0 unspecified atom stereocenters. The molecular weight excluding hydrogens is 202 g/mol. The maximum absolute atomic E-state index is 11.5. The summed E-state index contributed by atoms with van der Waals surface area (Å²) in [6, 6.07) is 11.2. The number of amides is 1. The Balaban J connectivity index is 2.61. The molecule has 3 N–H and O–H groups in total. The molecule has 0 saturated carbocycles. The van der Waals surface area contributed by atoms with E-state index >= 15 is 0 Å². The summed E-state index contributed by atoms with van der Waals surface area (Å²) in [4.78, 5) is 11.5. The van der Waals surface area contributed by atoms with Crippen LogP contribution in [0.5, 0.6) is 0 Å². The van der Waals surface area contributed by atoms with Gasteiger partial charge in [0.15, 0.2) is 0 Å². The third kappa shape index (κ3) is 3.14. The molecule has 0 spiro atoms. The van der Waals surface area contributed by atoms with E-state index in [2.05, 4.69) is 5.32 Å². The van der Waals surface area contributed by atoms with Crippen molar-refractivity contribution < 1.29 is 4.79 Å². The highest BCUT2D eigenvalue weighted by atomic mass is 16.1. The van der Waals surface area contributed by atoms with Crippen molar-refractivity contribution in [3.05, 3.63) is 47.2 Å². The molecule has 0 radical (unpaired) electrons. The number of nitrogens with one attached hydrogen (secondary N) is 1. The summed E-state index contributed by atoms with van der Waals surface area (Å²) >= 11 is 0. The fourth-order valence-corrected chi connectivity index (χ4v) is 1.18. The third-order valence-corrected chi connectivity index (χ3v) is 2.03. The van der Waals surface area contributed by atoms with Crippen LogP contribution in [0, 0.1) is 11.3 Å². The molecule has 0 aromatic heterocycles. The average Bonchev–Trinajstić information content (AvgIpc) is 2.28. The molecule has 1 aromatic rings. The van der Waals surface area contributed by atoms with E-state index in [4.69, 9.17) is 11.0 Å². The van der Waals surface area contributed by atoms with Gasteiger partial charge in [-0.15, -0.1) is 0 Å². The summed E-state index contributed by atoms with van der Waals surface area (Å²) in [5.41, 5.74) is 6.59. The van der Waals surface area contributed by atoms with Crippen LogP contribution in [0.1, 0.15) is 12.5 Å². The van der Waals surface area contributed by atoms with Crippen molar-refractivity contribution in [3.63, 3.8) is 0 Å². The minimum Gasteiger partial charge on any atom is -0.401 e. The SMILES string of the molecule is CC(N)=C(C#N)C(=O)NCc1ccccc1. The van der Waals surface area contributed by atoms with Crippen molar-refractivity contribution in [2.24, 2.45) is 5.73 Å². The number of nitrogens with zero attached hydrogens (tertiary/aromatic N) is 1. The number of nitriles is 1. The molecule has 4 nitrogen and oxygen atoms in total. The van der Waals surface area contributed by atoms with E-state index in [1.807, 2.05) is 30.3 Å². The maximum Gasteiger partial charge on any atom is 0.263 e. The van der Waals surface area contributed by atoms with E-state index in [0.29, 0.717) is 6.54 Å². The predicted octanol–water partition coefficient (Wildman–Crippen LogP) is 1.06. The fraction of sp³-hybridized carbons (Fsp3) is 0.167. The van der Waals surface area contributed by atoms with Gasteiger partial charge < -0.3 is 11.1 Å². The van der Waals surface area contributed by atoms with Crippen LogP contribution < -0.4 is 11.1 Å². The predicted molar refractivity (Wildman–Crippen MR) is 60.8 cm³/mol. The van der Waals surface area contributed by atoms with Crippen molar-refractivity contribution in [2.75, 3.05) is 0 Å². The van der Waals surface area contributed by atoms with Crippen LogP contribution >= 0.6 is 0 Å². The summed E-state index contributed by atoms with van der Waals surface area (Å²) in [5.74, 6) is -0.439. The maximum atomic E-state index is 11.5. The first kappa shape index (κ1) is 11.8. The van der Waals surface area contributed by atoms with Gasteiger partial charge in [-0.2, -0.15) is 5.26 Å². The van der Waals surface area contributed by atoms with Gasteiger partial charge in [0.1, 0.15) is 11.6 Å². The van der Waals surface area contributed by atoms with Crippen LogP contribution in [-0.4, -0.2) is 5.91 Å². The molecule has 4 heteroatoms. The number of benzene rings is 1. The topological polar surface area (TPSA) is 78.9 Å². The highest BCUT2D eigenvalue weighted by molar-refractivity contribution is 5.97.